The molecule has 0 aliphatic heterocycles. The summed E-state index contributed by atoms with van der Waals surface area (Å²) in [6.45, 7) is 2.80. The molecule has 68 valence electrons. The van der Waals surface area contributed by atoms with Gasteiger partial charge in [0, 0.05) is 6.54 Å². The summed E-state index contributed by atoms with van der Waals surface area (Å²) in [4.78, 5) is 0. The summed E-state index contributed by atoms with van der Waals surface area (Å²) in [5, 5.41) is 12.2. The second kappa shape index (κ2) is 7.94. The van der Waals surface area contributed by atoms with Gasteiger partial charge in [-0.25, -0.2) is 0 Å². The van der Waals surface area contributed by atoms with Crippen LogP contribution in [0, 0.1) is 0 Å². The van der Waals surface area contributed by atoms with Crippen LogP contribution < -0.4 is 16.8 Å². The van der Waals surface area contributed by atoms with Crippen molar-refractivity contribution in [2.24, 2.45) is 11.5 Å². The van der Waals surface area contributed by atoms with E-state index in [1.54, 1.807) is 0 Å². The normalized spacial score (nSPS) is 13.4. The first-order valence-electron chi connectivity index (χ1n) is 4.10. The summed E-state index contributed by atoms with van der Waals surface area (Å²) < 4.78 is 0. The molecule has 6 N–H and O–H groups in total. The minimum Gasteiger partial charge on any atom is -0.392 e. The van der Waals surface area contributed by atoms with Gasteiger partial charge >= 0.3 is 0 Å². The van der Waals surface area contributed by atoms with Gasteiger partial charge < -0.3 is 21.9 Å². The molecule has 0 fully saturated rings. The molecule has 0 aliphatic rings. The average Bonchev–Trinajstić information content (AvgIpc) is 2.04. The molecule has 1 atom stereocenters. The van der Waals surface area contributed by atoms with Crippen molar-refractivity contribution < 1.29 is 5.11 Å². The number of aliphatic hydroxyl groups is 1. The Balaban J connectivity index is 2.89. The molecule has 0 saturated heterocycles. The van der Waals surface area contributed by atoms with Crippen molar-refractivity contribution in [3.8, 4) is 0 Å². The Hall–Kier alpha value is -0.160. The van der Waals surface area contributed by atoms with Gasteiger partial charge in [-0.15, -0.1) is 0 Å². The maximum atomic E-state index is 9.02. The third kappa shape index (κ3) is 7.74. The highest BCUT2D eigenvalue weighted by molar-refractivity contribution is 4.57. The van der Waals surface area contributed by atoms with Crippen molar-refractivity contribution in [1.29, 1.82) is 0 Å². The van der Waals surface area contributed by atoms with Crippen LogP contribution in [0.2, 0.25) is 0 Å². The lowest BCUT2D eigenvalue weighted by atomic mass is 10.2. The molecule has 0 bridgehead atoms. The van der Waals surface area contributed by atoms with E-state index < -0.39 is 0 Å². The molecule has 0 aliphatic carbocycles. The lowest BCUT2D eigenvalue weighted by Gasteiger charge is -2.07. The summed E-state index contributed by atoms with van der Waals surface area (Å²) in [5.74, 6) is 0. The maximum absolute atomic E-state index is 9.02. The molecule has 0 aromatic carbocycles. The SMILES string of the molecule is NCCCNCC[C@H](O)CN. The van der Waals surface area contributed by atoms with Crippen molar-refractivity contribution >= 4 is 0 Å². The molecule has 4 heteroatoms. The molecule has 11 heavy (non-hydrogen) atoms. The van der Waals surface area contributed by atoms with Gasteiger partial charge in [0.1, 0.15) is 0 Å². The number of hydrogen-bond donors (Lipinski definition) is 4. The molecule has 4 nitrogen and oxygen atoms in total. The minimum absolute atomic E-state index is 0.346. The number of nitrogens with two attached hydrogens (primary N) is 2. The van der Waals surface area contributed by atoms with E-state index in [0.717, 1.165) is 25.9 Å². The molecular weight excluding hydrogens is 142 g/mol. The van der Waals surface area contributed by atoms with Crippen molar-refractivity contribution in [3.63, 3.8) is 0 Å². The highest BCUT2D eigenvalue weighted by Crippen LogP contribution is 1.85. The molecule has 0 saturated carbocycles. The minimum atomic E-state index is -0.361. The Kier molecular flexibility index (Phi) is 7.83. The monoisotopic (exact) mass is 161 g/mol. The van der Waals surface area contributed by atoms with E-state index in [9.17, 15) is 0 Å². The Morgan fingerprint density at radius 1 is 1.27 bits per heavy atom. The molecule has 0 aromatic rings. The zero-order chi connectivity index (χ0) is 8.53. The Morgan fingerprint density at radius 2 is 2.00 bits per heavy atom. The first kappa shape index (κ1) is 10.8. The zero-order valence-corrected chi connectivity index (χ0v) is 6.92. The van der Waals surface area contributed by atoms with Crippen LogP contribution in [0.3, 0.4) is 0 Å². The van der Waals surface area contributed by atoms with Gasteiger partial charge in [0.15, 0.2) is 0 Å². The van der Waals surface area contributed by atoms with Gasteiger partial charge in [0.05, 0.1) is 6.10 Å². The maximum Gasteiger partial charge on any atom is 0.0674 e. The topological polar surface area (TPSA) is 84.3 Å². The van der Waals surface area contributed by atoms with E-state index in [2.05, 4.69) is 5.32 Å². The predicted molar refractivity (Wildman–Crippen MR) is 46.2 cm³/mol. The number of hydrogen-bond acceptors (Lipinski definition) is 4. The summed E-state index contributed by atoms with van der Waals surface area (Å²) in [6.07, 6.45) is 1.35. The van der Waals surface area contributed by atoms with Crippen molar-refractivity contribution in [1.82, 2.24) is 5.32 Å². The lowest BCUT2D eigenvalue weighted by molar-refractivity contribution is 0.172. The fraction of sp³-hybridized carbons (Fsp3) is 1.00. The highest BCUT2D eigenvalue weighted by atomic mass is 16.3. The second-order valence-corrected chi connectivity index (χ2v) is 2.57. The zero-order valence-electron chi connectivity index (χ0n) is 6.92. The van der Waals surface area contributed by atoms with Crippen LogP contribution in [0.5, 0.6) is 0 Å². The predicted octanol–water partition coefficient (Wildman–Crippen LogP) is -1.37. The Bertz CT molecular complexity index is 80.1. The second-order valence-electron chi connectivity index (χ2n) is 2.57. The quantitative estimate of drug-likeness (QED) is 0.347. The summed E-state index contributed by atoms with van der Waals surface area (Å²) in [7, 11) is 0. The molecule has 0 heterocycles. The molecule has 0 spiro atoms. The molecule has 0 radical (unpaired) electrons. The van der Waals surface area contributed by atoms with E-state index in [1.807, 2.05) is 0 Å². The largest absolute Gasteiger partial charge is 0.392 e. The van der Waals surface area contributed by atoms with Gasteiger partial charge in [-0.05, 0) is 32.5 Å². The number of nitrogens with one attached hydrogen (secondary N) is 1. The van der Waals surface area contributed by atoms with Gasteiger partial charge in [0.25, 0.3) is 0 Å². The van der Waals surface area contributed by atoms with Crippen LogP contribution in [0.1, 0.15) is 12.8 Å². The third-order valence-electron chi connectivity index (χ3n) is 1.48. The first-order valence-corrected chi connectivity index (χ1v) is 4.10. The molecule has 0 amide bonds. The Morgan fingerprint density at radius 3 is 2.55 bits per heavy atom. The fourth-order valence-corrected chi connectivity index (χ4v) is 0.739. The average molecular weight is 161 g/mol. The molecular formula is C7H19N3O. The Labute approximate surface area is 68.0 Å². The van der Waals surface area contributed by atoms with Crippen LogP contribution in [0.15, 0.2) is 0 Å². The van der Waals surface area contributed by atoms with Gasteiger partial charge in [-0.1, -0.05) is 0 Å². The van der Waals surface area contributed by atoms with E-state index >= 15 is 0 Å². The fourth-order valence-electron chi connectivity index (χ4n) is 0.739. The molecule has 0 rings (SSSR count). The lowest BCUT2D eigenvalue weighted by Crippen LogP contribution is -2.27. The van der Waals surface area contributed by atoms with Gasteiger partial charge in [-0.2, -0.15) is 0 Å². The van der Waals surface area contributed by atoms with Gasteiger partial charge in [0.2, 0.25) is 0 Å². The van der Waals surface area contributed by atoms with Crippen LogP contribution in [-0.2, 0) is 0 Å². The van der Waals surface area contributed by atoms with Crippen LogP contribution in [0.25, 0.3) is 0 Å². The van der Waals surface area contributed by atoms with Crippen LogP contribution in [-0.4, -0.2) is 37.4 Å². The third-order valence-corrected chi connectivity index (χ3v) is 1.48. The number of rotatable bonds is 7. The number of aliphatic hydroxyl groups excluding tert-OH is 1. The van der Waals surface area contributed by atoms with Crippen molar-refractivity contribution in [2.45, 2.75) is 18.9 Å². The van der Waals surface area contributed by atoms with Crippen LogP contribution in [0.4, 0.5) is 0 Å². The van der Waals surface area contributed by atoms with Crippen molar-refractivity contribution in [2.75, 3.05) is 26.2 Å². The highest BCUT2D eigenvalue weighted by Gasteiger charge is 1.98. The van der Waals surface area contributed by atoms with E-state index in [4.69, 9.17) is 16.6 Å². The summed E-state index contributed by atoms with van der Waals surface area (Å²) >= 11 is 0. The summed E-state index contributed by atoms with van der Waals surface area (Å²) in [6, 6.07) is 0. The first-order chi connectivity index (χ1) is 5.31. The smallest absolute Gasteiger partial charge is 0.0674 e. The van der Waals surface area contributed by atoms with Crippen molar-refractivity contribution in [3.05, 3.63) is 0 Å². The van der Waals surface area contributed by atoms with Gasteiger partial charge in [-0.3, -0.25) is 0 Å². The molecule has 0 aromatic heterocycles. The van der Waals surface area contributed by atoms with Crippen LogP contribution >= 0.6 is 0 Å². The standard InChI is InChI=1S/C7H19N3O/c8-3-1-4-10-5-2-7(11)6-9/h7,10-11H,1-6,8-9H2/t7-/m0/s1. The van der Waals surface area contributed by atoms with E-state index in [0.29, 0.717) is 13.1 Å². The van der Waals surface area contributed by atoms with E-state index in [1.165, 1.54) is 0 Å². The molecule has 0 unspecified atom stereocenters. The van der Waals surface area contributed by atoms with E-state index in [-0.39, 0.29) is 6.10 Å². The summed E-state index contributed by atoms with van der Waals surface area (Å²) in [5.41, 5.74) is 10.5.